The highest BCUT2D eigenvalue weighted by molar-refractivity contribution is 7.93. The lowest BCUT2D eigenvalue weighted by Gasteiger charge is -2.12. The molecule has 7 nitrogen and oxygen atoms in total. The molecular formula is C11H13F3N2O5S2. The van der Waals surface area contributed by atoms with Gasteiger partial charge in [0.2, 0.25) is 10.0 Å². The van der Waals surface area contributed by atoms with Crippen molar-refractivity contribution in [2.75, 3.05) is 10.5 Å². The molecule has 0 aliphatic rings. The summed E-state index contributed by atoms with van der Waals surface area (Å²) in [5, 5.41) is 4.73. The van der Waals surface area contributed by atoms with Crippen LogP contribution in [-0.4, -0.2) is 33.9 Å². The number of benzene rings is 1. The van der Waals surface area contributed by atoms with Crippen LogP contribution in [0.2, 0.25) is 0 Å². The summed E-state index contributed by atoms with van der Waals surface area (Å²) in [4.78, 5) is 11.5. The van der Waals surface area contributed by atoms with Crippen LogP contribution in [0.25, 0.3) is 0 Å². The molecule has 23 heavy (non-hydrogen) atoms. The van der Waals surface area contributed by atoms with E-state index in [9.17, 15) is 34.8 Å². The average Bonchev–Trinajstić information content (AvgIpc) is 2.28. The van der Waals surface area contributed by atoms with E-state index in [0.29, 0.717) is 11.1 Å². The summed E-state index contributed by atoms with van der Waals surface area (Å²) in [7, 11) is -9.51. The number of primary sulfonamides is 1. The molecule has 0 unspecified atom stereocenters. The average molecular weight is 374 g/mol. The Morgan fingerprint density at radius 2 is 1.78 bits per heavy atom. The SMILES string of the molecule is Cc1cc(NS(=O)(=O)C(F)(F)F)ccc1CC(=O)CS(N)(=O)=O. The topological polar surface area (TPSA) is 123 Å². The fourth-order valence-electron chi connectivity index (χ4n) is 1.66. The molecule has 0 heterocycles. The number of carbonyl (C=O) groups is 1. The highest BCUT2D eigenvalue weighted by Crippen LogP contribution is 2.26. The zero-order valence-electron chi connectivity index (χ0n) is 11.7. The molecule has 0 fully saturated rings. The van der Waals surface area contributed by atoms with Crippen molar-refractivity contribution in [1.29, 1.82) is 0 Å². The molecule has 0 saturated carbocycles. The second kappa shape index (κ2) is 6.45. The summed E-state index contributed by atoms with van der Waals surface area (Å²) < 4.78 is 81.7. The standard InChI is InChI=1S/C11H13F3N2O5S2/c1-7-4-9(16-23(20,21)11(12,13)14)3-2-8(7)5-10(17)6-22(15,18)19/h2-4,16H,5-6H2,1H3,(H2,15,18,19). The van der Waals surface area contributed by atoms with E-state index in [2.05, 4.69) is 0 Å². The van der Waals surface area contributed by atoms with Crippen LogP contribution in [0.5, 0.6) is 0 Å². The Bertz CT molecular complexity index is 817. The number of aryl methyl sites for hydroxylation is 1. The smallest absolute Gasteiger partial charge is 0.298 e. The first-order chi connectivity index (χ1) is 10.2. The molecular weight excluding hydrogens is 361 g/mol. The summed E-state index contributed by atoms with van der Waals surface area (Å²) in [6, 6.07) is 3.36. The number of nitrogens with one attached hydrogen (secondary N) is 1. The first kappa shape index (κ1) is 19.4. The third-order valence-corrected chi connectivity index (χ3v) is 4.49. The van der Waals surface area contributed by atoms with Gasteiger partial charge in [0.15, 0.2) is 5.78 Å². The summed E-state index contributed by atoms with van der Waals surface area (Å²) in [5.74, 6) is -1.56. The minimum absolute atomic E-state index is 0.297. The minimum atomic E-state index is -5.54. The molecule has 0 amide bonds. The van der Waals surface area contributed by atoms with Gasteiger partial charge in [0.1, 0.15) is 5.75 Å². The molecule has 1 aromatic rings. The lowest BCUT2D eigenvalue weighted by atomic mass is 10.0. The lowest BCUT2D eigenvalue weighted by Crippen LogP contribution is -2.30. The Labute approximate surface area is 130 Å². The van der Waals surface area contributed by atoms with E-state index in [1.807, 2.05) is 0 Å². The predicted molar refractivity (Wildman–Crippen MR) is 76.5 cm³/mol. The van der Waals surface area contributed by atoms with Gasteiger partial charge < -0.3 is 0 Å². The monoisotopic (exact) mass is 374 g/mol. The van der Waals surface area contributed by atoms with Gasteiger partial charge in [-0.2, -0.15) is 21.6 Å². The Kier molecular flexibility index (Phi) is 5.44. The number of Topliss-reactive ketones (excluding diaryl/α,β-unsaturated/α-hetero) is 1. The van der Waals surface area contributed by atoms with Gasteiger partial charge in [-0.1, -0.05) is 6.07 Å². The van der Waals surface area contributed by atoms with Gasteiger partial charge in [-0.05, 0) is 30.2 Å². The summed E-state index contributed by atoms with van der Waals surface area (Å²) in [6.45, 7) is 1.44. The van der Waals surface area contributed by atoms with E-state index in [1.54, 1.807) is 0 Å². The van der Waals surface area contributed by atoms with Gasteiger partial charge in [-0.3, -0.25) is 9.52 Å². The number of ketones is 1. The fraction of sp³-hybridized carbons (Fsp3) is 0.364. The number of hydrogen-bond donors (Lipinski definition) is 2. The molecule has 0 radical (unpaired) electrons. The van der Waals surface area contributed by atoms with Crippen LogP contribution in [0.1, 0.15) is 11.1 Å². The highest BCUT2D eigenvalue weighted by atomic mass is 32.2. The number of rotatable bonds is 6. The predicted octanol–water partition coefficient (Wildman–Crippen LogP) is 0.657. The Morgan fingerprint density at radius 3 is 2.22 bits per heavy atom. The van der Waals surface area contributed by atoms with Crippen molar-refractivity contribution in [3.05, 3.63) is 29.3 Å². The van der Waals surface area contributed by atoms with E-state index in [4.69, 9.17) is 5.14 Å². The van der Waals surface area contributed by atoms with Crippen molar-refractivity contribution in [1.82, 2.24) is 0 Å². The van der Waals surface area contributed by atoms with Crippen LogP contribution in [0.4, 0.5) is 18.9 Å². The Balaban J connectivity index is 2.94. The zero-order chi connectivity index (χ0) is 18.1. The quantitative estimate of drug-likeness (QED) is 0.757. The van der Waals surface area contributed by atoms with Crippen LogP contribution in [0, 0.1) is 6.92 Å². The summed E-state index contributed by atoms with van der Waals surface area (Å²) >= 11 is 0. The molecule has 0 aromatic heterocycles. The zero-order valence-corrected chi connectivity index (χ0v) is 13.3. The van der Waals surface area contributed by atoms with Crippen LogP contribution in [0.3, 0.4) is 0 Å². The van der Waals surface area contributed by atoms with Crippen molar-refractivity contribution < 1.29 is 34.8 Å². The van der Waals surface area contributed by atoms with Gasteiger partial charge in [-0.15, -0.1) is 0 Å². The molecule has 12 heteroatoms. The van der Waals surface area contributed by atoms with E-state index in [-0.39, 0.29) is 12.1 Å². The molecule has 130 valence electrons. The van der Waals surface area contributed by atoms with E-state index in [1.165, 1.54) is 17.7 Å². The van der Waals surface area contributed by atoms with Crippen molar-refractivity contribution in [2.24, 2.45) is 5.14 Å². The number of hydrogen-bond acceptors (Lipinski definition) is 5. The van der Waals surface area contributed by atoms with Gasteiger partial charge in [0, 0.05) is 12.1 Å². The second-order valence-corrected chi connectivity index (χ2v) is 8.00. The maximum atomic E-state index is 12.3. The van der Waals surface area contributed by atoms with Crippen molar-refractivity contribution in [3.63, 3.8) is 0 Å². The normalized spacial score (nSPS) is 12.9. The molecule has 0 bridgehead atoms. The molecule has 0 saturated heterocycles. The second-order valence-electron chi connectivity index (χ2n) is 4.72. The molecule has 1 rings (SSSR count). The van der Waals surface area contributed by atoms with E-state index in [0.717, 1.165) is 12.1 Å². The molecule has 0 spiro atoms. The maximum absolute atomic E-state index is 12.3. The molecule has 0 aliphatic carbocycles. The molecule has 3 N–H and O–H groups in total. The number of alkyl halides is 3. The van der Waals surface area contributed by atoms with Crippen molar-refractivity contribution >= 4 is 31.5 Å². The number of carbonyl (C=O) groups excluding carboxylic acids is 1. The summed E-state index contributed by atoms with van der Waals surface area (Å²) in [5.41, 5.74) is -5.13. The van der Waals surface area contributed by atoms with E-state index < -0.39 is 37.1 Å². The maximum Gasteiger partial charge on any atom is 0.516 e. The van der Waals surface area contributed by atoms with Gasteiger partial charge in [0.05, 0.1) is 0 Å². The van der Waals surface area contributed by atoms with Crippen LogP contribution in [0.15, 0.2) is 18.2 Å². The van der Waals surface area contributed by atoms with Crippen molar-refractivity contribution in [2.45, 2.75) is 18.9 Å². The molecule has 1 aromatic carbocycles. The number of sulfonamides is 2. The number of nitrogens with two attached hydrogens (primary N) is 1. The van der Waals surface area contributed by atoms with Crippen molar-refractivity contribution in [3.8, 4) is 0 Å². The first-order valence-electron chi connectivity index (χ1n) is 5.92. The Morgan fingerprint density at radius 1 is 1.22 bits per heavy atom. The third kappa shape index (κ3) is 5.80. The minimum Gasteiger partial charge on any atom is -0.298 e. The lowest BCUT2D eigenvalue weighted by molar-refractivity contribution is -0.116. The summed E-state index contributed by atoms with van der Waals surface area (Å²) in [6.07, 6.45) is -0.297. The van der Waals surface area contributed by atoms with Gasteiger partial charge in [-0.25, -0.2) is 13.6 Å². The molecule has 0 aliphatic heterocycles. The Hall–Kier alpha value is -1.66. The number of halogens is 3. The van der Waals surface area contributed by atoms with Crippen LogP contribution < -0.4 is 9.86 Å². The molecule has 0 atom stereocenters. The largest absolute Gasteiger partial charge is 0.516 e. The fourth-order valence-corrected chi connectivity index (χ4v) is 2.76. The third-order valence-electron chi connectivity index (χ3n) is 2.65. The number of anilines is 1. The first-order valence-corrected chi connectivity index (χ1v) is 9.12. The van der Waals surface area contributed by atoms with Gasteiger partial charge in [0.25, 0.3) is 0 Å². The highest BCUT2D eigenvalue weighted by Gasteiger charge is 2.46. The van der Waals surface area contributed by atoms with Crippen LogP contribution in [-0.2, 0) is 31.3 Å². The van der Waals surface area contributed by atoms with Crippen LogP contribution >= 0.6 is 0 Å². The van der Waals surface area contributed by atoms with E-state index >= 15 is 0 Å². The van der Waals surface area contributed by atoms with Gasteiger partial charge >= 0.3 is 15.5 Å².